The maximum absolute atomic E-state index is 12.1. The number of nitrogens with one attached hydrogen (secondary N) is 1. The van der Waals surface area contributed by atoms with Crippen molar-refractivity contribution < 1.29 is 9.53 Å². The molecule has 0 bridgehead atoms. The number of halogens is 1. The van der Waals surface area contributed by atoms with Gasteiger partial charge in [-0.25, -0.2) is 4.79 Å². The summed E-state index contributed by atoms with van der Waals surface area (Å²) < 4.78 is 5.47. The number of rotatable bonds is 3. The van der Waals surface area contributed by atoms with E-state index < -0.39 is 6.09 Å². The number of hydrogen-bond acceptors (Lipinski definition) is 3. The fourth-order valence-electron chi connectivity index (χ4n) is 3.60. The Bertz CT molecular complexity index is 1070. The van der Waals surface area contributed by atoms with Crippen molar-refractivity contribution >= 4 is 23.4 Å². The van der Waals surface area contributed by atoms with Crippen molar-refractivity contribution in [2.75, 3.05) is 18.9 Å². The molecule has 0 saturated carbocycles. The minimum atomic E-state index is -0.494. The summed E-state index contributed by atoms with van der Waals surface area (Å²) in [5.41, 5.74) is 11.7. The van der Waals surface area contributed by atoms with Crippen LogP contribution in [0.4, 0.5) is 10.5 Å². The van der Waals surface area contributed by atoms with E-state index in [0.29, 0.717) is 16.3 Å². The Labute approximate surface area is 174 Å². The number of hydrogen-bond donors (Lipinski definition) is 2. The third-order valence-electron chi connectivity index (χ3n) is 4.82. The van der Waals surface area contributed by atoms with Gasteiger partial charge in [0.2, 0.25) is 0 Å². The lowest BCUT2D eigenvalue weighted by Crippen LogP contribution is -2.26. The highest BCUT2D eigenvalue weighted by atomic mass is 35.5. The molecule has 0 radical (unpaired) electrons. The molecule has 0 aliphatic heterocycles. The van der Waals surface area contributed by atoms with Crippen LogP contribution in [-0.2, 0) is 4.74 Å². The van der Waals surface area contributed by atoms with E-state index in [4.69, 9.17) is 22.1 Å². The summed E-state index contributed by atoms with van der Waals surface area (Å²) in [7, 11) is 0. The average Bonchev–Trinajstić information content (AvgIpc) is 3.03. The molecule has 1 aliphatic carbocycles. The Hall–Kier alpha value is -3.42. The summed E-state index contributed by atoms with van der Waals surface area (Å²) in [5, 5.41) is 3.18. The quantitative estimate of drug-likeness (QED) is 0.488. The number of alkyl carbamates (subject to hydrolysis) is 1. The van der Waals surface area contributed by atoms with Gasteiger partial charge in [-0.15, -0.1) is 0 Å². The lowest BCUT2D eigenvalue weighted by Gasteiger charge is -2.14. The number of benzene rings is 3. The molecule has 1 amide bonds. The molecule has 3 N–H and O–H groups in total. The monoisotopic (exact) mass is 402 g/mol. The average molecular weight is 403 g/mol. The van der Waals surface area contributed by atoms with Crippen LogP contribution in [0.2, 0.25) is 5.02 Å². The van der Waals surface area contributed by atoms with Crippen molar-refractivity contribution in [3.05, 3.63) is 88.4 Å². The molecule has 4 rings (SSSR count). The molecule has 144 valence electrons. The van der Waals surface area contributed by atoms with Gasteiger partial charge in [0.15, 0.2) is 0 Å². The first-order valence-electron chi connectivity index (χ1n) is 9.25. The first-order chi connectivity index (χ1) is 14.1. The summed E-state index contributed by atoms with van der Waals surface area (Å²) in [6, 6.07) is 21.6. The molecule has 0 saturated heterocycles. The van der Waals surface area contributed by atoms with E-state index in [1.54, 1.807) is 18.2 Å². The number of anilines is 1. The van der Waals surface area contributed by atoms with Crippen LogP contribution in [0, 0.1) is 11.8 Å². The van der Waals surface area contributed by atoms with Crippen molar-refractivity contribution in [2.45, 2.75) is 5.92 Å². The molecule has 0 atom stereocenters. The van der Waals surface area contributed by atoms with Crippen LogP contribution in [0.1, 0.15) is 22.6 Å². The van der Waals surface area contributed by atoms with Crippen LogP contribution in [0.15, 0.2) is 66.7 Å². The Morgan fingerprint density at radius 1 is 1.03 bits per heavy atom. The number of fused-ring (bicyclic) bond motifs is 3. The van der Waals surface area contributed by atoms with Crippen LogP contribution < -0.4 is 11.1 Å². The van der Waals surface area contributed by atoms with E-state index in [1.807, 2.05) is 24.3 Å². The van der Waals surface area contributed by atoms with Gasteiger partial charge in [-0.3, -0.25) is 0 Å². The van der Waals surface area contributed by atoms with Crippen LogP contribution in [-0.4, -0.2) is 19.2 Å². The zero-order chi connectivity index (χ0) is 20.2. The summed E-state index contributed by atoms with van der Waals surface area (Å²) >= 11 is 5.95. The molecule has 3 aromatic carbocycles. The van der Waals surface area contributed by atoms with Crippen molar-refractivity contribution in [2.24, 2.45) is 0 Å². The highest BCUT2D eigenvalue weighted by molar-refractivity contribution is 6.31. The van der Waals surface area contributed by atoms with Crippen molar-refractivity contribution in [3.63, 3.8) is 0 Å². The third kappa shape index (κ3) is 4.21. The van der Waals surface area contributed by atoms with Gasteiger partial charge in [-0.2, -0.15) is 0 Å². The van der Waals surface area contributed by atoms with E-state index in [9.17, 15) is 4.79 Å². The van der Waals surface area contributed by atoms with Gasteiger partial charge in [0.1, 0.15) is 6.61 Å². The zero-order valence-electron chi connectivity index (χ0n) is 15.6. The number of carbonyl (C=O) groups excluding carboxylic acids is 1. The van der Waals surface area contributed by atoms with E-state index >= 15 is 0 Å². The third-order valence-corrected chi connectivity index (χ3v) is 5.04. The van der Waals surface area contributed by atoms with Crippen molar-refractivity contribution in [1.29, 1.82) is 0 Å². The summed E-state index contributed by atoms with van der Waals surface area (Å²) in [5.74, 6) is 5.83. The largest absolute Gasteiger partial charge is 0.449 e. The van der Waals surface area contributed by atoms with Gasteiger partial charge in [0.25, 0.3) is 0 Å². The molecular weight excluding hydrogens is 384 g/mol. The lowest BCUT2D eigenvalue weighted by atomic mass is 9.98. The van der Waals surface area contributed by atoms with E-state index in [0.717, 1.165) is 0 Å². The second kappa shape index (κ2) is 8.30. The molecule has 0 fully saturated rings. The van der Waals surface area contributed by atoms with Gasteiger partial charge in [-0.1, -0.05) is 72.0 Å². The van der Waals surface area contributed by atoms with Crippen LogP contribution in [0.25, 0.3) is 11.1 Å². The summed E-state index contributed by atoms with van der Waals surface area (Å²) in [6.45, 7) is 0.446. The Kier molecular flexibility index (Phi) is 5.41. The molecule has 5 heteroatoms. The smallest absolute Gasteiger partial charge is 0.407 e. The topological polar surface area (TPSA) is 64.3 Å². The van der Waals surface area contributed by atoms with E-state index in [2.05, 4.69) is 41.4 Å². The first-order valence-corrected chi connectivity index (χ1v) is 9.63. The van der Waals surface area contributed by atoms with Crippen LogP contribution in [0.5, 0.6) is 0 Å². The van der Waals surface area contributed by atoms with Gasteiger partial charge >= 0.3 is 6.09 Å². The molecule has 0 spiro atoms. The highest BCUT2D eigenvalue weighted by Gasteiger charge is 2.28. The molecule has 0 unspecified atom stereocenters. The molecule has 4 nitrogen and oxygen atoms in total. The zero-order valence-corrected chi connectivity index (χ0v) is 16.4. The summed E-state index contributed by atoms with van der Waals surface area (Å²) in [6.07, 6.45) is -0.494. The predicted molar refractivity (Wildman–Crippen MR) is 116 cm³/mol. The predicted octanol–water partition coefficient (Wildman–Crippen LogP) is 4.81. The van der Waals surface area contributed by atoms with Crippen LogP contribution >= 0.6 is 11.6 Å². The Morgan fingerprint density at radius 3 is 2.34 bits per heavy atom. The minimum Gasteiger partial charge on any atom is -0.449 e. The molecule has 0 aromatic heterocycles. The Balaban J connectivity index is 1.35. The number of nitrogens with two attached hydrogens (primary N) is 1. The number of ether oxygens (including phenoxy) is 1. The normalized spacial score (nSPS) is 11.8. The SMILES string of the molecule is Nc1cc(Cl)cc(C#CCNC(=O)OCC2c3ccccc3-c3ccccc32)c1. The van der Waals surface area contributed by atoms with Gasteiger partial charge in [0, 0.05) is 22.2 Å². The minimum absolute atomic E-state index is 0.0358. The standard InChI is InChI=1S/C24H19ClN2O2/c25-17-12-16(13-18(26)14-17)6-5-11-27-24(28)29-15-23-21-9-3-1-7-19(21)20-8-2-4-10-22(20)23/h1-4,7-10,12-14,23H,11,15,26H2,(H,27,28). The number of amides is 1. The molecular formula is C24H19ClN2O2. The second-order valence-electron chi connectivity index (χ2n) is 6.75. The summed E-state index contributed by atoms with van der Waals surface area (Å²) in [4.78, 5) is 12.1. The molecule has 3 aromatic rings. The van der Waals surface area contributed by atoms with Gasteiger partial charge in [-0.05, 0) is 40.5 Å². The van der Waals surface area contributed by atoms with Gasteiger partial charge in [0.05, 0.1) is 6.54 Å². The fraction of sp³-hybridized carbons (Fsp3) is 0.125. The van der Waals surface area contributed by atoms with Gasteiger partial charge < -0.3 is 15.8 Å². The first kappa shape index (κ1) is 18.9. The Morgan fingerprint density at radius 2 is 1.69 bits per heavy atom. The number of carbonyl (C=O) groups is 1. The second-order valence-corrected chi connectivity index (χ2v) is 7.19. The maximum Gasteiger partial charge on any atom is 0.407 e. The van der Waals surface area contributed by atoms with E-state index in [1.165, 1.54) is 22.3 Å². The molecule has 1 aliphatic rings. The van der Waals surface area contributed by atoms with Crippen LogP contribution in [0.3, 0.4) is 0 Å². The maximum atomic E-state index is 12.1. The number of nitrogen functional groups attached to an aromatic ring is 1. The molecule has 0 heterocycles. The van der Waals surface area contributed by atoms with Crippen molar-refractivity contribution in [3.8, 4) is 23.0 Å². The fourth-order valence-corrected chi connectivity index (χ4v) is 3.84. The highest BCUT2D eigenvalue weighted by Crippen LogP contribution is 2.44. The lowest BCUT2D eigenvalue weighted by molar-refractivity contribution is 0.144. The van der Waals surface area contributed by atoms with Crippen molar-refractivity contribution in [1.82, 2.24) is 5.32 Å². The molecule has 29 heavy (non-hydrogen) atoms. The van der Waals surface area contributed by atoms with E-state index in [-0.39, 0.29) is 19.1 Å².